The maximum Gasteiger partial charge on any atom is 0.213 e. The minimum atomic E-state index is -1.08. The Morgan fingerprint density at radius 3 is 2.50 bits per heavy atom. The molecule has 1 unspecified atom stereocenters. The van der Waals surface area contributed by atoms with Crippen molar-refractivity contribution < 1.29 is 9.66 Å². The van der Waals surface area contributed by atoms with E-state index in [0.29, 0.717) is 11.3 Å². The van der Waals surface area contributed by atoms with Crippen LogP contribution in [0.1, 0.15) is 11.5 Å². The molecule has 0 fully saturated rings. The zero-order valence-corrected chi connectivity index (χ0v) is 9.74. The Hall–Kier alpha value is -2.60. The van der Waals surface area contributed by atoms with E-state index in [4.69, 9.17) is 15.3 Å². The summed E-state index contributed by atoms with van der Waals surface area (Å²) in [5.41, 5.74) is 0.504. The molecule has 6 heteroatoms. The van der Waals surface area contributed by atoms with Crippen LogP contribution in [0.2, 0.25) is 0 Å². The van der Waals surface area contributed by atoms with Crippen LogP contribution in [-0.2, 0) is 0 Å². The number of methoxy groups -OCH3 is 1. The molecule has 92 valence electrons. The first-order valence-electron chi connectivity index (χ1n) is 5.18. The molecule has 0 radical (unpaired) electrons. The molecular formula is C12H11N3O3. The van der Waals surface area contributed by atoms with Gasteiger partial charge in [0.15, 0.2) is 0 Å². The van der Waals surface area contributed by atoms with Crippen LogP contribution in [0, 0.1) is 38.7 Å². The number of para-hydroxylation sites is 1. The zero-order valence-electron chi connectivity index (χ0n) is 9.74. The minimum Gasteiger partial charge on any atom is -0.496 e. The van der Waals surface area contributed by atoms with Crippen molar-refractivity contribution in [3.63, 3.8) is 0 Å². The molecule has 18 heavy (non-hydrogen) atoms. The third-order valence-electron chi connectivity index (χ3n) is 2.56. The van der Waals surface area contributed by atoms with Crippen molar-refractivity contribution in [1.29, 1.82) is 10.5 Å². The molecule has 1 aromatic carbocycles. The molecule has 0 aromatic heterocycles. The van der Waals surface area contributed by atoms with E-state index in [0.717, 1.165) is 0 Å². The van der Waals surface area contributed by atoms with Gasteiger partial charge >= 0.3 is 0 Å². The standard InChI is InChI=1S/C12H11N3O3/c1-18-12-5-3-2-4-10(12)11(8-15(16)17)9(6-13)7-14/h2-5,9,11H,8H2,1H3. The molecule has 0 bridgehead atoms. The van der Waals surface area contributed by atoms with Crippen molar-refractivity contribution in [2.45, 2.75) is 5.92 Å². The second-order valence-electron chi connectivity index (χ2n) is 3.60. The second kappa shape index (κ2) is 6.21. The van der Waals surface area contributed by atoms with Crippen molar-refractivity contribution >= 4 is 0 Å². The molecule has 0 heterocycles. The highest BCUT2D eigenvalue weighted by atomic mass is 16.6. The molecule has 0 saturated heterocycles. The monoisotopic (exact) mass is 245 g/mol. The summed E-state index contributed by atoms with van der Waals surface area (Å²) in [5.74, 6) is -1.43. The average molecular weight is 245 g/mol. The fourth-order valence-corrected chi connectivity index (χ4v) is 1.73. The Balaban J connectivity index is 3.22. The van der Waals surface area contributed by atoms with Crippen LogP contribution in [0.3, 0.4) is 0 Å². The van der Waals surface area contributed by atoms with Crippen LogP contribution in [0.15, 0.2) is 24.3 Å². The van der Waals surface area contributed by atoms with Gasteiger partial charge in [-0.3, -0.25) is 10.1 Å². The summed E-state index contributed by atoms with van der Waals surface area (Å²) in [4.78, 5) is 10.1. The number of nitrogens with zero attached hydrogens (tertiary/aromatic N) is 3. The molecule has 6 nitrogen and oxygen atoms in total. The molecule has 0 aliphatic carbocycles. The van der Waals surface area contributed by atoms with E-state index in [2.05, 4.69) is 0 Å². The quantitative estimate of drug-likeness (QED) is 0.580. The van der Waals surface area contributed by atoms with E-state index in [1.807, 2.05) is 0 Å². The molecule has 1 rings (SSSR count). The lowest BCUT2D eigenvalue weighted by Gasteiger charge is -2.16. The van der Waals surface area contributed by atoms with Gasteiger partial charge in [-0.25, -0.2) is 0 Å². The van der Waals surface area contributed by atoms with Gasteiger partial charge in [-0.2, -0.15) is 10.5 Å². The van der Waals surface area contributed by atoms with E-state index in [1.54, 1.807) is 36.4 Å². The van der Waals surface area contributed by atoms with E-state index >= 15 is 0 Å². The van der Waals surface area contributed by atoms with Crippen molar-refractivity contribution in [3.8, 4) is 17.9 Å². The maximum atomic E-state index is 10.7. The number of nitro groups is 1. The first-order valence-corrected chi connectivity index (χ1v) is 5.18. The summed E-state index contributed by atoms with van der Waals surface area (Å²) in [6, 6.07) is 10.3. The number of benzene rings is 1. The lowest BCUT2D eigenvalue weighted by molar-refractivity contribution is -0.484. The smallest absolute Gasteiger partial charge is 0.213 e. The van der Waals surface area contributed by atoms with Gasteiger partial charge in [0.05, 0.1) is 25.2 Å². The Labute approximate surface area is 104 Å². The first-order chi connectivity index (χ1) is 8.63. The summed E-state index contributed by atoms with van der Waals surface area (Å²) >= 11 is 0. The van der Waals surface area contributed by atoms with Crippen LogP contribution >= 0.6 is 0 Å². The summed E-state index contributed by atoms with van der Waals surface area (Å²) < 4.78 is 5.11. The zero-order chi connectivity index (χ0) is 13.5. The number of ether oxygens (including phenoxy) is 1. The van der Waals surface area contributed by atoms with Gasteiger partial charge in [0.2, 0.25) is 6.54 Å². The van der Waals surface area contributed by atoms with Gasteiger partial charge in [0, 0.05) is 10.5 Å². The van der Waals surface area contributed by atoms with E-state index < -0.39 is 23.3 Å². The highest BCUT2D eigenvalue weighted by molar-refractivity contribution is 5.38. The van der Waals surface area contributed by atoms with Crippen LogP contribution in [0.4, 0.5) is 0 Å². The first kappa shape index (κ1) is 13.5. The Morgan fingerprint density at radius 1 is 1.39 bits per heavy atom. The van der Waals surface area contributed by atoms with Crippen LogP contribution in [-0.4, -0.2) is 18.6 Å². The molecule has 0 aliphatic heterocycles. The maximum absolute atomic E-state index is 10.7. The number of hydrogen-bond donors (Lipinski definition) is 0. The molecule has 0 saturated carbocycles. The summed E-state index contributed by atoms with van der Waals surface area (Å²) in [5, 5.41) is 28.5. The van der Waals surface area contributed by atoms with Gasteiger partial charge in [0.25, 0.3) is 0 Å². The third kappa shape index (κ3) is 2.96. The topological polar surface area (TPSA) is 99.9 Å². The van der Waals surface area contributed by atoms with E-state index in [1.165, 1.54) is 7.11 Å². The van der Waals surface area contributed by atoms with Crippen molar-refractivity contribution in [1.82, 2.24) is 0 Å². The van der Waals surface area contributed by atoms with Gasteiger partial charge in [-0.15, -0.1) is 0 Å². The molecule has 0 spiro atoms. The largest absolute Gasteiger partial charge is 0.496 e. The fourth-order valence-electron chi connectivity index (χ4n) is 1.73. The highest BCUT2D eigenvalue weighted by Crippen LogP contribution is 2.31. The summed E-state index contributed by atoms with van der Waals surface area (Å²) in [6.45, 7) is -0.480. The fraction of sp³-hybridized carbons (Fsp3) is 0.333. The lowest BCUT2D eigenvalue weighted by Crippen LogP contribution is -2.20. The third-order valence-corrected chi connectivity index (χ3v) is 2.56. The molecular weight excluding hydrogens is 234 g/mol. The summed E-state index contributed by atoms with van der Waals surface area (Å²) in [7, 11) is 1.44. The van der Waals surface area contributed by atoms with Crippen LogP contribution in [0.5, 0.6) is 5.75 Å². The highest BCUT2D eigenvalue weighted by Gasteiger charge is 2.30. The van der Waals surface area contributed by atoms with Crippen LogP contribution < -0.4 is 4.74 Å². The van der Waals surface area contributed by atoms with Crippen molar-refractivity contribution in [2.75, 3.05) is 13.7 Å². The number of hydrogen-bond acceptors (Lipinski definition) is 5. The SMILES string of the molecule is COc1ccccc1C(C[N+](=O)[O-])C(C#N)C#N. The van der Waals surface area contributed by atoms with Crippen LogP contribution in [0.25, 0.3) is 0 Å². The van der Waals surface area contributed by atoms with Gasteiger partial charge < -0.3 is 4.74 Å². The van der Waals surface area contributed by atoms with E-state index in [9.17, 15) is 10.1 Å². The van der Waals surface area contributed by atoms with Gasteiger partial charge in [-0.1, -0.05) is 18.2 Å². The lowest BCUT2D eigenvalue weighted by atomic mass is 9.87. The predicted molar refractivity (Wildman–Crippen MR) is 62.3 cm³/mol. The normalized spacial score (nSPS) is 11.3. The molecule has 0 amide bonds. The van der Waals surface area contributed by atoms with E-state index in [-0.39, 0.29) is 0 Å². The van der Waals surface area contributed by atoms with Crippen molar-refractivity contribution in [3.05, 3.63) is 39.9 Å². The van der Waals surface area contributed by atoms with Gasteiger partial charge in [0.1, 0.15) is 11.7 Å². The second-order valence-corrected chi connectivity index (χ2v) is 3.60. The molecule has 1 atom stereocenters. The minimum absolute atomic E-state index is 0.444. The molecule has 0 N–H and O–H groups in total. The Bertz CT molecular complexity index is 502. The molecule has 0 aliphatic rings. The average Bonchev–Trinajstić information content (AvgIpc) is 2.38. The number of nitriles is 2. The Kier molecular flexibility index (Phi) is 4.65. The van der Waals surface area contributed by atoms with Gasteiger partial charge in [-0.05, 0) is 6.07 Å². The Morgan fingerprint density at radius 2 is 2.00 bits per heavy atom. The summed E-state index contributed by atoms with van der Waals surface area (Å²) in [6.07, 6.45) is 0. The number of rotatable bonds is 5. The predicted octanol–water partition coefficient (Wildman–Crippen LogP) is 1.72. The molecule has 1 aromatic rings. The van der Waals surface area contributed by atoms with Crippen molar-refractivity contribution in [2.24, 2.45) is 5.92 Å².